The fourth-order valence-electron chi connectivity index (χ4n) is 4.15. The zero-order valence-corrected chi connectivity index (χ0v) is 13.8. The van der Waals surface area contributed by atoms with Crippen LogP contribution >= 0.6 is 11.6 Å². The molecule has 3 rings (SSSR count). The molecule has 0 aromatic heterocycles. The van der Waals surface area contributed by atoms with Crippen LogP contribution in [0.15, 0.2) is 24.3 Å². The van der Waals surface area contributed by atoms with Crippen LogP contribution in [-0.4, -0.2) is 29.9 Å². The zero-order valence-electron chi connectivity index (χ0n) is 13.0. The van der Waals surface area contributed by atoms with Gasteiger partial charge in [0.05, 0.1) is 5.92 Å². The number of hydrogen-bond donors (Lipinski definition) is 1. The number of benzene rings is 1. The van der Waals surface area contributed by atoms with Crippen LogP contribution in [0.5, 0.6) is 0 Å². The zero-order chi connectivity index (χ0) is 15.5. The van der Waals surface area contributed by atoms with Crippen molar-refractivity contribution in [3.63, 3.8) is 0 Å². The normalized spacial score (nSPS) is 27.1. The maximum atomic E-state index is 11.6. The van der Waals surface area contributed by atoms with E-state index >= 15 is 0 Å². The molecule has 1 saturated heterocycles. The van der Waals surface area contributed by atoms with E-state index in [-0.39, 0.29) is 11.8 Å². The summed E-state index contributed by atoms with van der Waals surface area (Å²) in [6.45, 7) is 2.21. The Bertz CT molecular complexity index is 508. The number of carbonyl (C=O) groups excluding carboxylic acids is 1. The Labute approximate surface area is 137 Å². The monoisotopic (exact) mass is 320 g/mol. The molecule has 1 aliphatic carbocycles. The molecule has 120 valence electrons. The van der Waals surface area contributed by atoms with Gasteiger partial charge >= 0.3 is 0 Å². The number of piperidine rings is 1. The highest BCUT2D eigenvalue weighted by Crippen LogP contribution is 2.33. The van der Waals surface area contributed by atoms with E-state index in [0.29, 0.717) is 6.04 Å². The Balaban J connectivity index is 1.52. The number of rotatable bonds is 4. The second-order valence-corrected chi connectivity index (χ2v) is 7.25. The molecule has 3 nitrogen and oxygen atoms in total. The molecule has 22 heavy (non-hydrogen) atoms. The van der Waals surface area contributed by atoms with Crippen molar-refractivity contribution in [2.24, 2.45) is 17.6 Å². The van der Waals surface area contributed by atoms with Gasteiger partial charge in [0.1, 0.15) is 0 Å². The summed E-state index contributed by atoms with van der Waals surface area (Å²) in [4.78, 5) is 14.1. The smallest absolute Gasteiger partial charge is 0.222 e. The lowest BCUT2D eigenvalue weighted by Gasteiger charge is -2.38. The molecular weight excluding hydrogens is 296 g/mol. The van der Waals surface area contributed by atoms with E-state index in [1.165, 1.54) is 18.4 Å². The van der Waals surface area contributed by atoms with Crippen LogP contribution in [-0.2, 0) is 11.2 Å². The van der Waals surface area contributed by atoms with Gasteiger partial charge in [-0.3, -0.25) is 9.69 Å². The highest BCUT2D eigenvalue weighted by molar-refractivity contribution is 6.30. The van der Waals surface area contributed by atoms with Crippen molar-refractivity contribution in [1.29, 1.82) is 0 Å². The molecule has 0 unspecified atom stereocenters. The van der Waals surface area contributed by atoms with Crippen molar-refractivity contribution in [2.45, 2.75) is 44.6 Å². The van der Waals surface area contributed by atoms with Crippen LogP contribution in [0.3, 0.4) is 0 Å². The van der Waals surface area contributed by atoms with Crippen molar-refractivity contribution >= 4 is 17.5 Å². The van der Waals surface area contributed by atoms with Gasteiger partial charge in [0, 0.05) is 11.1 Å². The number of amides is 1. The maximum absolute atomic E-state index is 11.6. The van der Waals surface area contributed by atoms with Gasteiger partial charge in [-0.15, -0.1) is 0 Å². The van der Waals surface area contributed by atoms with Crippen LogP contribution in [0, 0.1) is 11.8 Å². The highest BCUT2D eigenvalue weighted by atomic mass is 35.5. The molecule has 0 bridgehead atoms. The fourth-order valence-corrected chi connectivity index (χ4v) is 4.28. The predicted molar refractivity (Wildman–Crippen MR) is 89.8 cm³/mol. The number of nitrogens with zero attached hydrogens (tertiary/aromatic N) is 1. The second-order valence-electron chi connectivity index (χ2n) is 6.82. The van der Waals surface area contributed by atoms with Gasteiger partial charge in [-0.1, -0.05) is 30.2 Å². The van der Waals surface area contributed by atoms with E-state index < -0.39 is 0 Å². The molecule has 0 radical (unpaired) electrons. The van der Waals surface area contributed by atoms with E-state index in [2.05, 4.69) is 17.0 Å². The Morgan fingerprint density at radius 1 is 1.14 bits per heavy atom. The van der Waals surface area contributed by atoms with Crippen LogP contribution in [0.25, 0.3) is 0 Å². The molecule has 4 heteroatoms. The Kier molecular flexibility index (Phi) is 5.04. The number of primary amides is 1. The molecule has 0 spiro atoms. The number of likely N-dealkylation sites (tertiary alicyclic amines) is 1. The lowest BCUT2D eigenvalue weighted by atomic mass is 9.88. The van der Waals surface area contributed by atoms with E-state index in [1.807, 2.05) is 12.1 Å². The molecule has 2 fully saturated rings. The summed E-state index contributed by atoms with van der Waals surface area (Å²) in [5.41, 5.74) is 6.93. The molecule has 1 saturated carbocycles. The van der Waals surface area contributed by atoms with Gasteiger partial charge in [-0.05, 0) is 68.8 Å². The number of nitrogens with two attached hydrogens (primary N) is 1. The quantitative estimate of drug-likeness (QED) is 0.925. The van der Waals surface area contributed by atoms with Gasteiger partial charge in [0.15, 0.2) is 0 Å². The van der Waals surface area contributed by atoms with Crippen molar-refractivity contribution in [3.05, 3.63) is 34.9 Å². The number of carbonyl (C=O) groups is 1. The van der Waals surface area contributed by atoms with E-state index in [9.17, 15) is 4.79 Å². The SMILES string of the molecule is NC(=O)[C@@H]1CCC[C@H]1N1CCC(Cc2ccc(Cl)cc2)CC1. The first-order chi connectivity index (χ1) is 10.6. The van der Waals surface area contributed by atoms with Crippen molar-refractivity contribution < 1.29 is 4.79 Å². The van der Waals surface area contributed by atoms with Crippen LogP contribution in [0.1, 0.15) is 37.7 Å². The van der Waals surface area contributed by atoms with Crippen molar-refractivity contribution in [3.8, 4) is 0 Å². The van der Waals surface area contributed by atoms with Crippen molar-refractivity contribution in [1.82, 2.24) is 4.90 Å². The fraction of sp³-hybridized carbons (Fsp3) is 0.611. The van der Waals surface area contributed by atoms with E-state index in [1.54, 1.807) is 0 Å². The second kappa shape index (κ2) is 7.01. The molecule has 1 amide bonds. The summed E-state index contributed by atoms with van der Waals surface area (Å²) in [6.07, 6.45) is 6.81. The summed E-state index contributed by atoms with van der Waals surface area (Å²) in [5.74, 6) is 0.712. The summed E-state index contributed by atoms with van der Waals surface area (Å²) >= 11 is 5.94. The minimum atomic E-state index is -0.106. The topological polar surface area (TPSA) is 46.3 Å². The van der Waals surface area contributed by atoms with Crippen LogP contribution in [0.4, 0.5) is 0 Å². The third-order valence-corrected chi connectivity index (χ3v) is 5.65. The lowest BCUT2D eigenvalue weighted by molar-refractivity contribution is -0.123. The van der Waals surface area contributed by atoms with Crippen LogP contribution in [0.2, 0.25) is 5.02 Å². The van der Waals surface area contributed by atoms with E-state index in [0.717, 1.165) is 49.7 Å². The molecule has 1 aromatic rings. The Morgan fingerprint density at radius 2 is 1.82 bits per heavy atom. The summed E-state index contributed by atoms with van der Waals surface area (Å²) in [7, 11) is 0. The number of hydrogen-bond acceptors (Lipinski definition) is 2. The minimum Gasteiger partial charge on any atom is -0.369 e. The average molecular weight is 321 g/mol. The first-order valence-corrected chi connectivity index (χ1v) is 8.79. The van der Waals surface area contributed by atoms with Gasteiger partial charge in [-0.2, -0.15) is 0 Å². The molecule has 1 heterocycles. The molecule has 2 N–H and O–H groups in total. The van der Waals surface area contributed by atoms with Crippen LogP contribution < -0.4 is 5.73 Å². The molecule has 2 aliphatic rings. The maximum Gasteiger partial charge on any atom is 0.222 e. The van der Waals surface area contributed by atoms with E-state index in [4.69, 9.17) is 17.3 Å². The molecule has 1 aromatic carbocycles. The largest absolute Gasteiger partial charge is 0.369 e. The number of halogens is 1. The summed E-state index contributed by atoms with van der Waals surface area (Å²) in [5, 5.41) is 0.803. The van der Waals surface area contributed by atoms with Gasteiger partial charge in [0.2, 0.25) is 5.91 Å². The minimum absolute atomic E-state index is 0.0767. The lowest BCUT2D eigenvalue weighted by Crippen LogP contribution is -2.46. The third-order valence-electron chi connectivity index (χ3n) is 5.40. The van der Waals surface area contributed by atoms with Gasteiger partial charge < -0.3 is 5.73 Å². The average Bonchev–Trinajstić information content (AvgIpc) is 3.00. The third kappa shape index (κ3) is 3.64. The molecule has 2 atom stereocenters. The standard InChI is InChI=1S/C18H25ClN2O/c19-15-6-4-13(5-7-15)12-14-8-10-21(11-9-14)17-3-1-2-16(17)18(20)22/h4-7,14,16-17H,1-3,8-12H2,(H2,20,22)/t16-,17-/m1/s1. The van der Waals surface area contributed by atoms with Gasteiger partial charge in [0.25, 0.3) is 0 Å². The Morgan fingerprint density at radius 3 is 2.45 bits per heavy atom. The molecule has 1 aliphatic heterocycles. The predicted octanol–water partition coefficient (Wildman–Crippen LogP) is 3.25. The first kappa shape index (κ1) is 15.8. The highest BCUT2D eigenvalue weighted by Gasteiger charge is 2.36. The van der Waals surface area contributed by atoms with Gasteiger partial charge in [-0.25, -0.2) is 0 Å². The summed E-state index contributed by atoms with van der Waals surface area (Å²) < 4.78 is 0. The van der Waals surface area contributed by atoms with Crippen molar-refractivity contribution in [2.75, 3.05) is 13.1 Å². The Hall–Kier alpha value is -1.06. The summed E-state index contributed by atoms with van der Waals surface area (Å²) in [6, 6.07) is 8.61. The first-order valence-electron chi connectivity index (χ1n) is 8.41. The molecular formula is C18H25ClN2O.